The number of aryl methyl sites for hydroxylation is 2. The van der Waals surface area contributed by atoms with Crippen molar-refractivity contribution in [2.75, 3.05) is 18.4 Å². The van der Waals surface area contributed by atoms with Crippen LogP contribution >= 0.6 is 0 Å². The van der Waals surface area contributed by atoms with Crippen LogP contribution in [0.4, 0.5) is 11.8 Å². The predicted molar refractivity (Wildman–Crippen MR) is 123 cm³/mol. The fraction of sp³-hybridized carbons (Fsp3) is 0.280. The molecule has 1 saturated heterocycles. The summed E-state index contributed by atoms with van der Waals surface area (Å²) in [5, 5.41) is 3.21. The van der Waals surface area contributed by atoms with Crippen LogP contribution in [0.5, 0.6) is 0 Å². The molecule has 3 heterocycles. The summed E-state index contributed by atoms with van der Waals surface area (Å²) in [6.07, 6.45) is 7.39. The summed E-state index contributed by atoms with van der Waals surface area (Å²) in [4.78, 5) is 27.9. The van der Waals surface area contributed by atoms with Gasteiger partial charge in [0.1, 0.15) is 5.82 Å². The van der Waals surface area contributed by atoms with Crippen LogP contribution in [0.15, 0.2) is 60.8 Å². The molecule has 4 rings (SSSR count). The van der Waals surface area contributed by atoms with E-state index >= 15 is 0 Å². The molecule has 1 fully saturated rings. The van der Waals surface area contributed by atoms with Gasteiger partial charge >= 0.3 is 0 Å². The largest absolute Gasteiger partial charge is 0.339 e. The molecule has 0 aliphatic carbocycles. The highest BCUT2D eigenvalue weighted by atomic mass is 16.2. The Balaban J connectivity index is 1.44. The monoisotopic (exact) mass is 413 g/mol. The normalized spacial score (nSPS) is 16.5. The van der Waals surface area contributed by atoms with Crippen molar-refractivity contribution in [2.45, 2.75) is 32.6 Å². The smallest absolute Gasteiger partial charge is 0.246 e. The van der Waals surface area contributed by atoms with Crippen LogP contribution in [0.3, 0.4) is 0 Å². The Morgan fingerprint density at radius 3 is 2.65 bits per heavy atom. The minimum absolute atomic E-state index is 0.0598. The first-order chi connectivity index (χ1) is 15.1. The zero-order valence-corrected chi connectivity index (χ0v) is 18.0. The summed E-state index contributed by atoms with van der Waals surface area (Å²) in [6, 6.07) is 15.9. The van der Waals surface area contributed by atoms with Crippen LogP contribution in [0.1, 0.15) is 41.3 Å². The number of aromatic nitrogens is 3. The molecule has 1 aliphatic rings. The average molecular weight is 414 g/mol. The van der Waals surface area contributed by atoms with E-state index in [4.69, 9.17) is 0 Å². The average Bonchev–Trinajstić information content (AvgIpc) is 2.78. The molecular formula is C25H27N5O. The van der Waals surface area contributed by atoms with Crippen LogP contribution in [0.25, 0.3) is 6.08 Å². The molecule has 1 N–H and O–H groups in total. The fourth-order valence-electron chi connectivity index (χ4n) is 3.95. The number of anilines is 2. The van der Waals surface area contributed by atoms with Crippen LogP contribution in [0, 0.1) is 13.8 Å². The lowest BCUT2D eigenvalue weighted by atomic mass is 9.91. The predicted octanol–water partition coefficient (Wildman–Crippen LogP) is 4.65. The van der Waals surface area contributed by atoms with Crippen molar-refractivity contribution in [3.63, 3.8) is 0 Å². The zero-order valence-electron chi connectivity index (χ0n) is 18.0. The maximum Gasteiger partial charge on any atom is 0.246 e. The van der Waals surface area contributed by atoms with Crippen LogP contribution < -0.4 is 5.32 Å². The Labute approximate surface area is 183 Å². The van der Waals surface area contributed by atoms with Crippen molar-refractivity contribution >= 4 is 23.7 Å². The summed E-state index contributed by atoms with van der Waals surface area (Å²) in [5.74, 6) is 1.61. The second kappa shape index (κ2) is 9.51. The zero-order chi connectivity index (χ0) is 21.6. The summed E-state index contributed by atoms with van der Waals surface area (Å²) >= 11 is 0. The van der Waals surface area contributed by atoms with Gasteiger partial charge in [-0.15, -0.1) is 0 Å². The van der Waals surface area contributed by atoms with Crippen molar-refractivity contribution in [3.8, 4) is 0 Å². The lowest BCUT2D eigenvalue weighted by Gasteiger charge is -2.32. The number of likely N-dealkylation sites (tertiary alicyclic amines) is 1. The van der Waals surface area contributed by atoms with E-state index in [0.29, 0.717) is 12.5 Å². The third-order valence-electron chi connectivity index (χ3n) is 5.43. The van der Waals surface area contributed by atoms with E-state index in [9.17, 15) is 4.79 Å². The Kier molecular flexibility index (Phi) is 6.36. The van der Waals surface area contributed by atoms with Gasteiger partial charge in [0.2, 0.25) is 11.9 Å². The van der Waals surface area contributed by atoms with E-state index in [1.54, 1.807) is 12.3 Å². The number of pyridine rings is 1. The maximum absolute atomic E-state index is 12.7. The topological polar surface area (TPSA) is 71.0 Å². The third-order valence-corrected chi connectivity index (χ3v) is 5.43. The lowest BCUT2D eigenvalue weighted by molar-refractivity contribution is -0.127. The van der Waals surface area contributed by atoms with E-state index in [1.807, 2.05) is 73.4 Å². The highest BCUT2D eigenvalue weighted by Gasteiger charge is 2.24. The van der Waals surface area contributed by atoms with Crippen LogP contribution in [0.2, 0.25) is 0 Å². The van der Waals surface area contributed by atoms with Gasteiger partial charge in [-0.05, 0) is 62.1 Å². The molecule has 0 radical (unpaired) electrons. The van der Waals surface area contributed by atoms with E-state index in [-0.39, 0.29) is 11.8 Å². The summed E-state index contributed by atoms with van der Waals surface area (Å²) in [5.41, 5.74) is 4.03. The number of carbonyl (C=O) groups is 1. The molecule has 31 heavy (non-hydrogen) atoms. The molecular weight excluding hydrogens is 386 g/mol. The number of nitrogens with zero attached hydrogens (tertiary/aromatic N) is 4. The van der Waals surface area contributed by atoms with Gasteiger partial charge in [-0.25, -0.2) is 15.0 Å². The molecule has 1 unspecified atom stereocenters. The van der Waals surface area contributed by atoms with Crippen molar-refractivity contribution in [3.05, 3.63) is 83.3 Å². The molecule has 0 spiro atoms. The van der Waals surface area contributed by atoms with Crippen molar-refractivity contribution in [2.24, 2.45) is 0 Å². The van der Waals surface area contributed by atoms with Gasteiger partial charge in [0, 0.05) is 42.7 Å². The van der Waals surface area contributed by atoms with Gasteiger partial charge in [0.15, 0.2) is 0 Å². The van der Waals surface area contributed by atoms with Crippen LogP contribution in [-0.2, 0) is 4.79 Å². The number of carbonyl (C=O) groups excluding carboxylic acids is 1. The standard InChI is InChI=1S/C25H27N5O/c1-18-15-19(2)28-25(27-18)29-23-16-21(12-13-26-23)22-9-6-14-30(17-22)24(31)11-10-20-7-4-3-5-8-20/h3-5,7-8,10-13,15-16,22H,6,9,14,17H2,1-2H3,(H,26,27,28,29)/b11-10+. The van der Waals surface area contributed by atoms with Crippen molar-refractivity contribution < 1.29 is 4.79 Å². The van der Waals surface area contributed by atoms with E-state index in [2.05, 4.69) is 20.3 Å². The quantitative estimate of drug-likeness (QED) is 0.617. The number of amides is 1. The first-order valence-corrected chi connectivity index (χ1v) is 10.6. The van der Waals surface area contributed by atoms with Crippen molar-refractivity contribution in [1.82, 2.24) is 19.9 Å². The Hall–Kier alpha value is -3.54. The van der Waals surface area contributed by atoms with Gasteiger partial charge in [0.05, 0.1) is 0 Å². The van der Waals surface area contributed by atoms with E-state index in [0.717, 1.165) is 42.2 Å². The summed E-state index contributed by atoms with van der Waals surface area (Å²) < 4.78 is 0. The molecule has 158 valence electrons. The minimum atomic E-state index is 0.0598. The Bertz CT molecular complexity index is 1060. The van der Waals surface area contributed by atoms with Gasteiger partial charge in [-0.1, -0.05) is 30.3 Å². The molecule has 1 aliphatic heterocycles. The molecule has 2 aromatic heterocycles. The molecule has 0 bridgehead atoms. The molecule has 1 amide bonds. The molecule has 1 atom stereocenters. The number of hydrogen-bond donors (Lipinski definition) is 1. The van der Waals surface area contributed by atoms with Gasteiger partial charge in [-0.3, -0.25) is 4.79 Å². The summed E-state index contributed by atoms with van der Waals surface area (Å²) in [6.45, 7) is 5.40. The molecule has 6 nitrogen and oxygen atoms in total. The molecule has 3 aromatic rings. The molecule has 0 saturated carbocycles. The number of rotatable bonds is 5. The first kappa shape index (κ1) is 20.7. The van der Waals surface area contributed by atoms with E-state index < -0.39 is 0 Å². The van der Waals surface area contributed by atoms with E-state index in [1.165, 1.54) is 5.56 Å². The van der Waals surface area contributed by atoms with Crippen LogP contribution in [-0.4, -0.2) is 38.8 Å². The lowest BCUT2D eigenvalue weighted by Crippen LogP contribution is -2.38. The highest BCUT2D eigenvalue weighted by Crippen LogP contribution is 2.28. The van der Waals surface area contributed by atoms with Gasteiger partial charge in [-0.2, -0.15) is 0 Å². The summed E-state index contributed by atoms with van der Waals surface area (Å²) in [7, 11) is 0. The number of hydrogen-bond acceptors (Lipinski definition) is 5. The van der Waals surface area contributed by atoms with Crippen molar-refractivity contribution in [1.29, 1.82) is 0 Å². The maximum atomic E-state index is 12.7. The highest BCUT2D eigenvalue weighted by molar-refractivity contribution is 5.91. The second-order valence-electron chi connectivity index (χ2n) is 7.94. The van der Waals surface area contributed by atoms with Gasteiger partial charge < -0.3 is 10.2 Å². The third kappa shape index (κ3) is 5.54. The number of nitrogens with one attached hydrogen (secondary N) is 1. The second-order valence-corrected chi connectivity index (χ2v) is 7.94. The number of benzene rings is 1. The fourth-order valence-corrected chi connectivity index (χ4v) is 3.95. The Morgan fingerprint density at radius 1 is 1.10 bits per heavy atom. The van der Waals surface area contributed by atoms with Gasteiger partial charge in [0.25, 0.3) is 0 Å². The Morgan fingerprint density at radius 2 is 1.87 bits per heavy atom. The first-order valence-electron chi connectivity index (χ1n) is 10.6. The molecule has 1 aromatic carbocycles. The minimum Gasteiger partial charge on any atom is -0.339 e. The number of piperidine rings is 1. The SMILES string of the molecule is Cc1cc(C)nc(Nc2cc(C3CCCN(C(=O)/C=C/c4ccccc4)C3)ccn2)n1. The molecule has 6 heteroatoms.